The minimum absolute atomic E-state index is 0.774. The Morgan fingerprint density at radius 2 is 1.96 bits per heavy atom. The highest BCUT2D eigenvalue weighted by Gasteiger charge is 2.09. The van der Waals surface area contributed by atoms with Crippen LogP contribution in [0.4, 0.5) is 5.69 Å². The van der Waals surface area contributed by atoms with Crippen molar-refractivity contribution in [1.82, 2.24) is 4.68 Å². The summed E-state index contributed by atoms with van der Waals surface area (Å²) in [5.74, 6) is 0.774. The molecule has 1 aromatic carbocycles. The highest BCUT2D eigenvalue weighted by molar-refractivity contribution is 7.07. The van der Waals surface area contributed by atoms with Gasteiger partial charge < -0.3 is 9.32 Å². The molecule has 0 fully saturated rings. The molecule has 2 aromatic heterocycles. The molecule has 6 heteroatoms. The van der Waals surface area contributed by atoms with Gasteiger partial charge in [0.1, 0.15) is 5.69 Å². The van der Waals surface area contributed by atoms with Gasteiger partial charge in [0.2, 0.25) is 4.80 Å². The van der Waals surface area contributed by atoms with E-state index in [4.69, 9.17) is 4.42 Å². The zero-order valence-electron chi connectivity index (χ0n) is 13.3. The maximum atomic E-state index is 5.48. The van der Waals surface area contributed by atoms with Crippen molar-refractivity contribution >= 4 is 23.2 Å². The molecule has 0 spiro atoms. The van der Waals surface area contributed by atoms with E-state index in [0.717, 1.165) is 27.5 Å². The molecule has 0 unspecified atom stereocenters. The predicted octanol–water partition coefficient (Wildman–Crippen LogP) is 3.29. The van der Waals surface area contributed by atoms with Crippen LogP contribution in [0.1, 0.15) is 5.56 Å². The zero-order valence-corrected chi connectivity index (χ0v) is 14.1. The Kier molecular flexibility index (Phi) is 4.43. The molecule has 5 nitrogen and oxygen atoms in total. The van der Waals surface area contributed by atoms with E-state index in [0.29, 0.717) is 0 Å². The molecule has 0 amide bonds. The van der Waals surface area contributed by atoms with Gasteiger partial charge in [-0.3, -0.25) is 4.99 Å². The van der Waals surface area contributed by atoms with E-state index in [1.54, 1.807) is 18.0 Å². The lowest BCUT2D eigenvalue weighted by Crippen LogP contribution is -2.11. The third-order valence-corrected chi connectivity index (χ3v) is 4.29. The molecule has 0 aliphatic carbocycles. The van der Waals surface area contributed by atoms with Crippen LogP contribution in [0.5, 0.6) is 0 Å². The number of nitrogens with zero attached hydrogens (tertiary/aromatic N) is 4. The standard InChI is InChI=1S/C17H18N4OS/c1-18-17-21(15(12-23-17)16-5-4-10-22-16)19-11-13-6-8-14(9-7-13)20(2)3/h4-12H,1-3H3. The van der Waals surface area contributed by atoms with Crippen molar-refractivity contribution in [3.8, 4) is 11.5 Å². The fraction of sp³-hybridized carbons (Fsp3) is 0.176. The van der Waals surface area contributed by atoms with E-state index < -0.39 is 0 Å². The van der Waals surface area contributed by atoms with E-state index in [2.05, 4.69) is 27.1 Å². The first-order valence-electron chi connectivity index (χ1n) is 7.18. The summed E-state index contributed by atoms with van der Waals surface area (Å²) in [5.41, 5.74) is 3.08. The fourth-order valence-corrected chi connectivity index (χ4v) is 2.92. The van der Waals surface area contributed by atoms with Gasteiger partial charge in [0, 0.05) is 32.2 Å². The summed E-state index contributed by atoms with van der Waals surface area (Å²) in [6.07, 6.45) is 3.48. The average Bonchev–Trinajstić information content (AvgIpc) is 3.22. The molecule has 118 valence electrons. The molecule has 3 aromatic rings. The van der Waals surface area contributed by atoms with Gasteiger partial charge in [-0.25, -0.2) is 4.68 Å². The average molecular weight is 326 g/mol. The van der Waals surface area contributed by atoms with Crippen LogP contribution in [0.15, 0.2) is 62.6 Å². The molecule has 23 heavy (non-hydrogen) atoms. The molecule has 0 atom stereocenters. The van der Waals surface area contributed by atoms with Crippen LogP contribution in [0.2, 0.25) is 0 Å². The first-order valence-corrected chi connectivity index (χ1v) is 8.06. The summed E-state index contributed by atoms with van der Waals surface area (Å²) < 4.78 is 7.27. The smallest absolute Gasteiger partial charge is 0.206 e. The second-order valence-electron chi connectivity index (χ2n) is 5.15. The van der Waals surface area contributed by atoms with Crippen molar-refractivity contribution in [3.63, 3.8) is 0 Å². The summed E-state index contributed by atoms with van der Waals surface area (Å²) in [7, 11) is 5.81. The molecule has 0 N–H and O–H groups in total. The number of benzene rings is 1. The van der Waals surface area contributed by atoms with Crippen LogP contribution in [0.3, 0.4) is 0 Å². The Morgan fingerprint density at radius 3 is 2.57 bits per heavy atom. The number of rotatable bonds is 4. The maximum Gasteiger partial charge on any atom is 0.206 e. The highest BCUT2D eigenvalue weighted by Crippen LogP contribution is 2.20. The topological polar surface area (TPSA) is 46.0 Å². The summed E-state index contributed by atoms with van der Waals surface area (Å²) in [4.78, 5) is 7.15. The van der Waals surface area contributed by atoms with Crippen molar-refractivity contribution < 1.29 is 4.42 Å². The van der Waals surface area contributed by atoms with Gasteiger partial charge in [-0.2, -0.15) is 5.10 Å². The quantitative estimate of drug-likeness (QED) is 0.691. The second kappa shape index (κ2) is 6.66. The Hall–Kier alpha value is -2.60. The molecule has 0 bridgehead atoms. The van der Waals surface area contributed by atoms with E-state index in [9.17, 15) is 0 Å². The van der Waals surface area contributed by atoms with E-state index in [1.165, 1.54) is 11.3 Å². The third-order valence-electron chi connectivity index (χ3n) is 3.38. The highest BCUT2D eigenvalue weighted by atomic mass is 32.1. The lowest BCUT2D eigenvalue weighted by atomic mass is 10.2. The van der Waals surface area contributed by atoms with E-state index in [1.807, 2.05) is 50.0 Å². The summed E-state index contributed by atoms with van der Waals surface area (Å²) >= 11 is 1.53. The van der Waals surface area contributed by atoms with Crippen LogP contribution >= 0.6 is 11.3 Å². The SMILES string of the molecule is CN=c1scc(-c2ccco2)n1N=Cc1ccc(N(C)C)cc1. The number of furan rings is 1. The lowest BCUT2D eigenvalue weighted by Gasteiger charge is -2.11. The van der Waals surface area contributed by atoms with E-state index >= 15 is 0 Å². The van der Waals surface area contributed by atoms with Crippen LogP contribution < -0.4 is 9.70 Å². The third kappa shape index (κ3) is 3.27. The number of anilines is 1. The van der Waals surface area contributed by atoms with Crippen LogP contribution in [0.25, 0.3) is 11.5 Å². The van der Waals surface area contributed by atoms with Crippen molar-refractivity contribution in [2.24, 2.45) is 10.1 Å². The fourth-order valence-electron chi connectivity index (χ4n) is 2.14. The van der Waals surface area contributed by atoms with Gasteiger partial charge in [0.15, 0.2) is 5.76 Å². The van der Waals surface area contributed by atoms with E-state index in [-0.39, 0.29) is 0 Å². The first kappa shape index (κ1) is 15.3. The minimum atomic E-state index is 0.774. The first-order chi connectivity index (χ1) is 11.2. The molecule has 3 rings (SSSR count). The number of hydrogen-bond donors (Lipinski definition) is 0. The van der Waals surface area contributed by atoms with Gasteiger partial charge in [0.05, 0.1) is 12.5 Å². The molecular formula is C17H18N4OS. The van der Waals surface area contributed by atoms with Crippen molar-refractivity contribution in [3.05, 3.63) is 58.4 Å². The summed E-state index contributed by atoms with van der Waals surface area (Å²) in [5, 5.41) is 6.57. The zero-order chi connectivity index (χ0) is 16.2. The van der Waals surface area contributed by atoms with Crippen LogP contribution in [-0.2, 0) is 0 Å². The molecular weight excluding hydrogens is 308 g/mol. The number of thiazole rings is 1. The van der Waals surface area contributed by atoms with Gasteiger partial charge in [0.25, 0.3) is 0 Å². The molecule has 0 radical (unpaired) electrons. The Balaban J connectivity index is 1.94. The van der Waals surface area contributed by atoms with Gasteiger partial charge in [-0.05, 0) is 29.8 Å². The maximum absolute atomic E-state index is 5.48. The van der Waals surface area contributed by atoms with Crippen molar-refractivity contribution in [2.75, 3.05) is 26.0 Å². The Morgan fingerprint density at radius 1 is 1.17 bits per heavy atom. The monoisotopic (exact) mass is 326 g/mol. The second-order valence-corrected chi connectivity index (χ2v) is 5.98. The van der Waals surface area contributed by atoms with Crippen molar-refractivity contribution in [1.29, 1.82) is 0 Å². The van der Waals surface area contributed by atoms with Crippen molar-refractivity contribution in [2.45, 2.75) is 0 Å². The summed E-state index contributed by atoms with van der Waals surface area (Å²) in [6, 6.07) is 12.0. The van der Waals surface area contributed by atoms with Gasteiger partial charge >= 0.3 is 0 Å². The molecule has 0 saturated carbocycles. The van der Waals surface area contributed by atoms with Gasteiger partial charge in [-0.15, -0.1) is 11.3 Å². The lowest BCUT2D eigenvalue weighted by molar-refractivity contribution is 0.575. The Labute approximate surface area is 138 Å². The summed E-state index contributed by atoms with van der Waals surface area (Å²) in [6.45, 7) is 0. The number of aromatic nitrogens is 1. The number of hydrogen-bond acceptors (Lipinski definition) is 5. The van der Waals surface area contributed by atoms with Crippen LogP contribution in [-0.4, -0.2) is 32.0 Å². The largest absolute Gasteiger partial charge is 0.463 e. The van der Waals surface area contributed by atoms with Crippen LogP contribution in [0, 0.1) is 0 Å². The molecule has 0 aliphatic heterocycles. The minimum Gasteiger partial charge on any atom is -0.463 e. The molecule has 0 saturated heterocycles. The van der Waals surface area contributed by atoms with Gasteiger partial charge in [-0.1, -0.05) is 12.1 Å². The predicted molar refractivity (Wildman–Crippen MR) is 95.3 cm³/mol. The Bertz CT molecular complexity index is 855. The normalized spacial score (nSPS) is 12.2. The molecule has 2 heterocycles. The molecule has 0 aliphatic rings.